The molecular weight excluding hydrogens is 382 g/mol. The molecule has 2 aromatic rings. The minimum absolute atomic E-state index is 0.0287. The van der Waals surface area contributed by atoms with Crippen LogP contribution in [0, 0.1) is 12.3 Å². The number of carbonyl (C=O) groups excluding carboxylic acids is 1. The Kier molecular flexibility index (Phi) is 6.40. The van der Waals surface area contributed by atoms with Gasteiger partial charge in [0.2, 0.25) is 17.8 Å². The molecule has 0 radical (unpaired) electrons. The number of ether oxygens (including phenoxy) is 1. The second kappa shape index (κ2) is 8.83. The van der Waals surface area contributed by atoms with Crippen LogP contribution >= 0.6 is 0 Å². The van der Waals surface area contributed by atoms with Gasteiger partial charge in [0.1, 0.15) is 6.10 Å². The second-order valence-electron chi connectivity index (χ2n) is 8.91. The molecule has 9 nitrogen and oxygen atoms in total. The van der Waals surface area contributed by atoms with Crippen molar-refractivity contribution in [2.45, 2.75) is 40.2 Å². The van der Waals surface area contributed by atoms with Gasteiger partial charge in [-0.15, -0.1) is 0 Å². The molecule has 1 aromatic carbocycles. The molecule has 0 aliphatic carbocycles. The highest BCUT2D eigenvalue weighted by Gasteiger charge is 2.21. The average Bonchev–Trinajstić information content (AvgIpc) is 3.14. The fourth-order valence-electron chi connectivity index (χ4n) is 3.32. The summed E-state index contributed by atoms with van der Waals surface area (Å²) >= 11 is 0. The molecule has 1 atom stereocenters. The van der Waals surface area contributed by atoms with Gasteiger partial charge in [-0.1, -0.05) is 26.8 Å². The topological polar surface area (TPSA) is 118 Å². The number of aryl methyl sites for hydroxylation is 1. The first-order valence-electron chi connectivity index (χ1n) is 10.1. The number of anilines is 3. The Morgan fingerprint density at radius 1 is 1.33 bits per heavy atom. The number of nitrogens with one attached hydrogen (secondary N) is 2. The van der Waals surface area contributed by atoms with Crippen LogP contribution in [0.1, 0.15) is 43.1 Å². The van der Waals surface area contributed by atoms with Crippen LogP contribution in [0.2, 0.25) is 0 Å². The van der Waals surface area contributed by atoms with Crippen molar-refractivity contribution in [2.24, 2.45) is 11.1 Å². The van der Waals surface area contributed by atoms with Crippen molar-refractivity contribution in [3.63, 3.8) is 0 Å². The Balaban J connectivity index is 1.92. The molecule has 162 valence electrons. The largest absolute Gasteiger partial charge is 0.459 e. The zero-order chi connectivity index (χ0) is 21.9. The Morgan fingerprint density at radius 2 is 2.10 bits per heavy atom. The Bertz CT molecular complexity index is 905. The summed E-state index contributed by atoms with van der Waals surface area (Å²) in [6.45, 7) is 10.8. The predicted molar refractivity (Wildman–Crippen MR) is 117 cm³/mol. The molecule has 0 unspecified atom stereocenters. The number of benzene rings is 1. The smallest absolute Gasteiger partial charge is 0.323 e. The molecule has 3 rings (SSSR count). The summed E-state index contributed by atoms with van der Waals surface area (Å²) in [5.41, 5.74) is 7.55. The SMILES string of the molecule is Cc1ccc(C(N)=O)cc1Nc1nc(O[C@H]2CCNC2)nc(N(C)CC(C)(C)C)n1. The van der Waals surface area contributed by atoms with Crippen LogP contribution in [0.15, 0.2) is 18.2 Å². The molecule has 1 amide bonds. The van der Waals surface area contributed by atoms with Crippen molar-refractivity contribution >= 4 is 23.5 Å². The van der Waals surface area contributed by atoms with Gasteiger partial charge in [0.25, 0.3) is 0 Å². The highest BCUT2D eigenvalue weighted by atomic mass is 16.5. The molecule has 30 heavy (non-hydrogen) atoms. The average molecular weight is 414 g/mol. The highest BCUT2D eigenvalue weighted by Crippen LogP contribution is 2.24. The zero-order valence-electron chi connectivity index (χ0n) is 18.3. The van der Waals surface area contributed by atoms with Crippen molar-refractivity contribution in [1.29, 1.82) is 0 Å². The maximum Gasteiger partial charge on any atom is 0.323 e. The third-order valence-corrected chi connectivity index (χ3v) is 4.71. The van der Waals surface area contributed by atoms with Crippen molar-refractivity contribution in [2.75, 3.05) is 36.9 Å². The molecule has 2 heterocycles. The van der Waals surface area contributed by atoms with E-state index in [-0.39, 0.29) is 17.5 Å². The number of rotatable bonds is 7. The Hall–Kier alpha value is -2.94. The number of primary amides is 1. The van der Waals surface area contributed by atoms with Crippen molar-refractivity contribution in [1.82, 2.24) is 20.3 Å². The van der Waals surface area contributed by atoms with E-state index in [1.165, 1.54) is 0 Å². The van der Waals surface area contributed by atoms with Crippen LogP contribution in [0.3, 0.4) is 0 Å². The Morgan fingerprint density at radius 3 is 2.73 bits per heavy atom. The highest BCUT2D eigenvalue weighted by molar-refractivity contribution is 5.94. The standard InChI is InChI=1S/C21H31N7O2/c1-13-6-7-14(17(22)29)10-16(13)24-18-25-19(28(5)12-21(2,3)4)27-20(26-18)30-15-8-9-23-11-15/h6-7,10,15,23H,8-9,11-12H2,1-5H3,(H2,22,29)(H,24,25,26,27)/t15-/m0/s1. The van der Waals surface area contributed by atoms with Gasteiger partial charge in [0.15, 0.2) is 0 Å². The first-order valence-corrected chi connectivity index (χ1v) is 10.1. The van der Waals surface area contributed by atoms with E-state index >= 15 is 0 Å². The molecule has 1 aromatic heterocycles. The van der Waals surface area contributed by atoms with Gasteiger partial charge < -0.3 is 26.0 Å². The summed E-state index contributed by atoms with van der Waals surface area (Å²) in [5, 5.41) is 6.47. The molecule has 0 bridgehead atoms. The maximum absolute atomic E-state index is 11.6. The van der Waals surface area contributed by atoms with E-state index in [1.807, 2.05) is 24.9 Å². The molecule has 1 saturated heterocycles. The van der Waals surface area contributed by atoms with E-state index in [0.29, 0.717) is 23.1 Å². The summed E-state index contributed by atoms with van der Waals surface area (Å²) in [7, 11) is 1.95. The van der Waals surface area contributed by atoms with Gasteiger partial charge in [0, 0.05) is 31.4 Å². The monoisotopic (exact) mass is 413 g/mol. The molecule has 9 heteroatoms. The second-order valence-corrected chi connectivity index (χ2v) is 8.91. The number of nitrogens with two attached hydrogens (primary N) is 1. The van der Waals surface area contributed by atoms with Gasteiger partial charge >= 0.3 is 6.01 Å². The van der Waals surface area contributed by atoms with Crippen LogP contribution < -0.4 is 26.0 Å². The van der Waals surface area contributed by atoms with Gasteiger partial charge in [-0.05, 0) is 43.0 Å². The van der Waals surface area contributed by atoms with E-state index < -0.39 is 5.91 Å². The molecular formula is C21H31N7O2. The van der Waals surface area contributed by atoms with E-state index in [4.69, 9.17) is 10.5 Å². The minimum atomic E-state index is -0.489. The van der Waals surface area contributed by atoms with E-state index in [1.54, 1.807) is 12.1 Å². The normalized spacial score (nSPS) is 16.4. The van der Waals surface area contributed by atoms with Crippen molar-refractivity contribution in [3.05, 3.63) is 29.3 Å². The first kappa shape index (κ1) is 21.8. The molecule has 1 fully saturated rings. The van der Waals surface area contributed by atoms with Crippen LogP contribution in [0.5, 0.6) is 6.01 Å². The lowest BCUT2D eigenvalue weighted by atomic mass is 9.96. The number of nitrogens with zero attached hydrogens (tertiary/aromatic N) is 4. The number of aromatic nitrogens is 3. The lowest BCUT2D eigenvalue weighted by Crippen LogP contribution is -2.31. The molecule has 4 N–H and O–H groups in total. The number of hydrogen-bond donors (Lipinski definition) is 3. The van der Waals surface area contributed by atoms with Crippen LogP contribution in [-0.2, 0) is 0 Å². The fourth-order valence-corrected chi connectivity index (χ4v) is 3.32. The van der Waals surface area contributed by atoms with Crippen molar-refractivity contribution < 1.29 is 9.53 Å². The fraction of sp³-hybridized carbons (Fsp3) is 0.524. The van der Waals surface area contributed by atoms with E-state index in [9.17, 15) is 4.79 Å². The number of carbonyl (C=O) groups is 1. The first-order chi connectivity index (χ1) is 14.1. The van der Waals surface area contributed by atoms with E-state index in [0.717, 1.165) is 31.6 Å². The Labute approximate surface area is 177 Å². The maximum atomic E-state index is 11.6. The van der Waals surface area contributed by atoms with Gasteiger partial charge in [-0.2, -0.15) is 15.0 Å². The van der Waals surface area contributed by atoms with Gasteiger partial charge in [0.05, 0.1) is 0 Å². The molecule has 0 saturated carbocycles. The summed E-state index contributed by atoms with van der Waals surface area (Å²) in [6, 6.07) is 5.50. The van der Waals surface area contributed by atoms with Crippen LogP contribution in [0.25, 0.3) is 0 Å². The molecule has 1 aliphatic rings. The summed E-state index contributed by atoms with van der Waals surface area (Å²) < 4.78 is 6.00. The van der Waals surface area contributed by atoms with E-state index in [2.05, 4.69) is 46.4 Å². The van der Waals surface area contributed by atoms with Gasteiger partial charge in [-0.3, -0.25) is 4.79 Å². The lowest BCUT2D eigenvalue weighted by Gasteiger charge is -2.27. The predicted octanol–water partition coefficient (Wildman–Crippen LogP) is 2.25. The molecule has 1 aliphatic heterocycles. The summed E-state index contributed by atoms with van der Waals surface area (Å²) in [5.74, 6) is 0.385. The third-order valence-electron chi connectivity index (χ3n) is 4.71. The number of amides is 1. The summed E-state index contributed by atoms with van der Waals surface area (Å²) in [4.78, 5) is 27.1. The quantitative estimate of drug-likeness (QED) is 0.632. The third kappa shape index (κ3) is 5.79. The summed E-state index contributed by atoms with van der Waals surface area (Å²) in [6.07, 6.45) is 0.933. The van der Waals surface area contributed by atoms with Crippen LogP contribution in [0.4, 0.5) is 17.6 Å². The minimum Gasteiger partial charge on any atom is -0.459 e. The zero-order valence-corrected chi connectivity index (χ0v) is 18.3. The lowest BCUT2D eigenvalue weighted by molar-refractivity contribution is 0.100. The van der Waals surface area contributed by atoms with Crippen LogP contribution in [-0.4, -0.2) is 53.6 Å². The van der Waals surface area contributed by atoms with Crippen molar-refractivity contribution in [3.8, 4) is 6.01 Å². The number of hydrogen-bond acceptors (Lipinski definition) is 8. The van der Waals surface area contributed by atoms with Gasteiger partial charge in [-0.25, -0.2) is 0 Å². The molecule has 0 spiro atoms.